The molecule has 1 aromatic rings. The number of nitrogens with zero attached hydrogens (tertiary/aromatic N) is 1. The number of aliphatic hydroxyl groups is 2. The summed E-state index contributed by atoms with van der Waals surface area (Å²) in [4.78, 5) is 15.1. The first kappa shape index (κ1) is 12.6. The first-order chi connectivity index (χ1) is 7.57. The van der Waals surface area contributed by atoms with E-state index in [1.807, 2.05) is 0 Å². The number of aromatic nitrogens is 1. The molecule has 2 atom stereocenters. The standard InChI is InChI=1S/C11H15NO4/c1-3-16-11(15)10(14)9(13)8-4-5-12-6-7(8)2/h4-6,9-10,13-14H,3H2,1-2H3. The van der Waals surface area contributed by atoms with E-state index in [9.17, 15) is 15.0 Å². The summed E-state index contributed by atoms with van der Waals surface area (Å²) < 4.78 is 4.62. The van der Waals surface area contributed by atoms with E-state index >= 15 is 0 Å². The van der Waals surface area contributed by atoms with Crippen LogP contribution in [0.3, 0.4) is 0 Å². The summed E-state index contributed by atoms with van der Waals surface area (Å²) in [7, 11) is 0. The zero-order valence-corrected chi connectivity index (χ0v) is 9.25. The van der Waals surface area contributed by atoms with Crippen LogP contribution in [0.25, 0.3) is 0 Å². The van der Waals surface area contributed by atoms with Gasteiger partial charge in [-0.1, -0.05) is 0 Å². The van der Waals surface area contributed by atoms with Crippen LogP contribution < -0.4 is 0 Å². The lowest BCUT2D eigenvalue weighted by Crippen LogP contribution is -2.30. The van der Waals surface area contributed by atoms with Crippen molar-refractivity contribution < 1.29 is 19.7 Å². The number of rotatable bonds is 4. The molecule has 2 N–H and O–H groups in total. The molecule has 0 saturated carbocycles. The predicted octanol–water partition coefficient (Wildman–Crippen LogP) is 0.347. The number of hydrogen-bond acceptors (Lipinski definition) is 5. The monoisotopic (exact) mass is 225 g/mol. The van der Waals surface area contributed by atoms with Gasteiger partial charge < -0.3 is 14.9 Å². The molecule has 0 aliphatic heterocycles. The number of pyridine rings is 1. The molecule has 88 valence electrons. The predicted molar refractivity (Wildman–Crippen MR) is 56.6 cm³/mol. The van der Waals surface area contributed by atoms with Crippen molar-refractivity contribution in [2.45, 2.75) is 26.1 Å². The second-order valence-corrected chi connectivity index (χ2v) is 3.37. The fourth-order valence-electron chi connectivity index (χ4n) is 1.34. The highest BCUT2D eigenvalue weighted by Crippen LogP contribution is 2.20. The number of hydrogen-bond donors (Lipinski definition) is 2. The number of aryl methyl sites for hydroxylation is 1. The Labute approximate surface area is 93.7 Å². The van der Waals surface area contributed by atoms with Gasteiger partial charge in [0.05, 0.1) is 6.61 Å². The van der Waals surface area contributed by atoms with Gasteiger partial charge in [0.2, 0.25) is 0 Å². The molecule has 5 heteroatoms. The third-order valence-electron chi connectivity index (χ3n) is 2.21. The Morgan fingerprint density at radius 3 is 2.81 bits per heavy atom. The minimum atomic E-state index is -1.57. The van der Waals surface area contributed by atoms with Gasteiger partial charge in [0, 0.05) is 12.4 Å². The molecule has 0 saturated heterocycles. The van der Waals surface area contributed by atoms with Crippen molar-refractivity contribution in [1.29, 1.82) is 0 Å². The van der Waals surface area contributed by atoms with E-state index in [4.69, 9.17) is 0 Å². The van der Waals surface area contributed by atoms with Crippen molar-refractivity contribution in [3.8, 4) is 0 Å². The maximum absolute atomic E-state index is 11.2. The van der Waals surface area contributed by atoms with E-state index in [-0.39, 0.29) is 6.61 Å². The normalized spacial score (nSPS) is 14.2. The molecule has 0 aliphatic rings. The lowest BCUT2D eigenvalue weighted by Gasteiger charge is -2.17. The molecule has 1 rings (SSSR count). The smallest absolute Gasteiger partial charge is 0.338 e. The minimum absolute atomic E-state index is 0.165. The number of ether oxygens (including phenoxy) is 1. The highest BCUT2D eigenvalue weighted by molar-refractivity contribution is 5.75. The van der Waals surface area contributed by atoms with Crippen LogP contribution in [0.15, 0.2) is 18.5 Å². The molecule has 0 amide bonds. The third kappa shape index (κ3) is 2.77. The zero-order chi connectivity index (χ0) is 12.1. The summed E-state index contributed by atoms with van der Waals surface area (Å²) in [6.45, 7) is 3.54. The Morgan fingerprint density at radius 2 is 2.25 bits per heavy atom. The Hall–Kier alpha value is -1.46. The molecule has 0 aliphatic carbocycles. The Bertz CT molecular complexity index is 367. The van der Waals surface area contributed by atoms with Crippen molar-refractivity contribution in [3.05, 3.63) is 29.6 Å². The van der Waals surface area contributed by atoms with Gasteiger partial charge in [-0.05, 0) is 31.0 Å². The highest BCUT2D eigenvalue weighted by Gasteiger charge is 2.27. The van der Waals surface area contributed by atoms with Crippen LogP contribution >= 0.6 is 0 Å². The molecule has 0 bridgehead atoms. The zero-order valence-electron chi connectivity index (χ0n) is 9.25. The Kier molecular flexibility index (Phi) is 4.39. The van der Waals surface area contributed by atoms with E-state index in [0.29, 0.717) is 11.1 Å². The average molecular weight is 225 g/mol. The van der Waals surface area contributed by atoms with Crippen molar-refractivity contribution >= 4 is 5.97 Å². The number of carbonyl (C=O) groups excluding carboxylic acids is 1. The van der Waals surface area contributed by atoms with Gasteiger partial charge in [0.25, 0.3) is 0 Å². The van der Waals surface area contributed by atoms with Crippen molar-refractivity contribution in [1.82, 2.24) is 4.98 Å². The molecular weight excluding hydrogens is 210 g/mol. The molecule has 0 spiro atoms. The quantitative estimate of drug-likeness (QED) is 0.723. The molecule has 0 fully saturated rings. The van der Waals surface area contributed by atoms with Gasteiger partial charge in [-0.25, -0.2) is 4.79 Å². The third-order valence-corrected chi connectivity index (χ3v) is 2.21. The van der Waals surface area contributed by atoms with Crippen LogP contribution in [0.4, 0.5) is 0 Å². The summed E-state index contributed by atoms with van der Waals surface area (Å²) in [5.74, 6) is -0.828. The van der Waals surface area contributed by atoms with Crippen molar-refractivity contribution in [2.75, 3.05) is 6.61 Å². The van der Waals surface area contributed by atoms with Gasteiger partial charge in [0.1, 0.15) is 6.10 Å². The summed E-state index contributed by atoms with van der Waals surface area (Å²) in [6.07, 6.45) is 0.183. The van der Waals surface area contributed by atoms with E-state index < -0.39 is 18.2 Å². The van der Waals surface area contributed by atoms with Gasteiger partial charge in [0.15, 0.2) is 6.10 Å². The second kappa shape index (κ2) is 5.58. The topological polar surface area (TPSA) is 79.7 Å². The second-order valence-electron chi connectivity index (χ2n) is 3.37. The Morgan fingerprint density at radius 1 is 1.56 bits per heavy atom. The van der Waals surface area contributed by atoms with E-state index in [1.54, 1.807) is 26.1 Å². The maximum atomic E-state index is 11.2. The average Bonchev–Trinajstić information content (AvgIpc) is 2.28. The molecule has 1 aromatic heterocycles. The number of esters is 1. The first-order valence-electron chi connectivity index (χ1n) is 5.01. The molecule has 5 nitrogen and oxygen atoms in total. The van der Waals surface area contributed by atoms with Crippen LogP contribution in [0.5, 0.6) is 0 Å². The van der Waals surface area contributed by atoms with E-state index in [2.05, 4.69) is 9.72 Å². The van der Waals surface area contributed by atoms with Crippen molar-refractivity contribution in [2.24, 2.45) is 0 Å². The summed E-state index contributed by atoms with van der Waals surface area (Å²) in [5, 5.41) is 19.3. The van der Waals surface area contributed by atoms with Gasteiger partial charge in [-0.2, -0.15) is 0 Å². The SMILES string of the molecule is CCOC(=O)C(O)C(O)c1ccncc1C. The van der Waals surface area contributed by atoms with E-state index in [0.717, 1.165) is 0 Å². The molecular formula is C11H15NO4. The largest absolute Gasteiger partial charge is 0.464 e. The van der Waals surface area contributed by atoms with Crippen LogP contribution in [-0.2, 0) is 9.53 Å². The van der Waals surface area contributed by atoms with Gasteiger partial charge in [-0.15, -0.1) is 0 Å². The lowest BCUT2D eigenvalue weighted by atomic mass is 10.0. The summed E-state index contributed by atoms with van der Waals surface area (Å²) >= 11 is 0. The van der Waals surface area contributed by atoms with Crippen molar-refractivity contribution in [3.63, 3.8) is 0 Å². The highest BCUT2D eigenvalue weighted by atomic mass is 16.5. The van der Waals surface area contributed by atoms with Crippen LogP contribution in [0.1, 0.15) is 24.2 Å². The first-order valence-corrected chi connectivity index (χ1v) is 5.01. The maximum Gasteiger partial charge on any atom is 0.338 e. The molecule has 0 aromatic carbocycles. The molecule has 2 unspecified atom stereocenters. The lowest BCUT2D eigenvalue weighted by molar-refractivity contribution is -0.159. The summed E-state index contributed by atoms with van der Waals surface area (Å²) in [6, 6.07) is 1.56. The van der Waals surface area contributed by atoms with E-state index in [1.165, 1.54) is 6.20 Å². The minimum Gasteiger partial charge on any atom is -0.464 e. The molecule has 1 heterocycles. The fraction of sp³-hybridized carbons (Fsp3) is 0.455. The Balaban J connectivity index is 2.82. The van der Waals surface area contributed by atoms with Gasteiger partial charge >= 0.3 is 5.97 Å². The molecule has 16 heavy (non-hydrogen) atoms. The van der Waals surface area contributed by atoms with Crippen LogP contribution in [-0.4, -0.2) is 33.9 Å². The summed E-state index contributed by atoms with van der Waals surface area (Å²) in [5.41, 5.74) is 1.17. The fourth-order valence-corrected chi connectivity index (χ4v) is 1.34. The number of aliphatic hydroxyl groups excluding tert-OH is 2. The number of carbonyl (C=O) groups is 1. The van der Waals surface area contributed by atoms with Crippen LogP contribution in [0, 0.1) is 6.92 Å². The van der Waals surface area contributed by atoms with Gasteiger partial charge in [-0.3, -0.25) is 4.98 Å². The molecule has 0 radical (unpaired) electrons. The van der Waals surface area contributed by atoms with Crippen LogP contribution in [0.2, 0.25) is 0 Å².